The number of nitrogens with one attached hydrogen (secondary N) is 1. The summed E-state index contributed by atoms with van der Waals surface area (Å²) in [4.78, 5) is 11.5. The minimum atomic E-state index is -0.456. The second-order valence-corrected chi connectivity index (χ2v) is 4.04. The average Bonchev–Trinajstić information content (AvgIpc) is 2.66. The molecule has 1 aliphatic carbocycles. The van der Waals surface area contributed by atoms with E-state index in [4.69, 9.17) is 10.2 Å². The summed E-state index contributed by atoms with van der Waals surface area (Å²) in [6.07, 6.45) is 4.66. The second-order valence-electron chi connectivity index (χ2n) is 4.04. The Labute approximate surface area is 88.8 Å². The molecule has 2 rings (SSSR count). The van der Waals surface area contributed by atoms with E-state index in [2.05, 4.69) is 5.32 Å². The highest BCUT2D eigenvalue weighted by molar-refractivity contribution is 5.81. The van der Waals surface area contributed by atoms with Gasteiger partial charge in [-0.25, -0.2) is 0 Å². The number of furan rings is 1. The summed E-state index contributed by atoms with van der Waals surface area (Å²) in [6.45, 7) is 1.69. The van der Waals surface area contributed by atoms with Gasteiger partial charge in [0, 0.05) is 12.0 Å². The predicted molar refractivity (Wildman–Crippen MR) is 56.2 cm³/mol. The monoisotopic (exact) mass is 208 g/mol. The Kier molecular flexibility index (Phi) is 2.77. The summed E-state index contributed by atoms with van der Waals surface area (Å²) in [5, 5.41) is 2.94. The number of amides is 1. The van der Waals surface area contributed by atoms with Crippen LogP contribution in [0, 0.1) is 0 Å². The Balaban J connectivity index is 2.10. The molecule has 82 valence electrons. The molecule has 0 spiro atoms. The Morgan fingerprint density at radius 3 is 3.27 bits per heavy atom. The van der Waals surface area contributed by atoms with E-state index in [1.165, 1.54) is 0 Å². The number of carbonyl (C=O) groups is 1. The van der Waals surface area contributed by atoms with Crippen LogP contribution in [-0.2, 0) is 11.2 Å². The van der Waals surface area contributed by atoms with Gasteiger partial charge >= 0.3 is 0 Å². The van der Waals surface area contributed by atoms with E-state index in [-0.39, 0.29) is 11.9 Å². The molecule has 1 unspecified atom stereocenters. The summed E-state index contributed by atoms with van der Waals surface area (Å²) in [7, 11) is 0. The van der Waals surface area contributed by atoms with Crippen molar-refractivity contribution in [2.24, 2.45) is 5.73 Å². The minimum absolute atomic E-state index is 0.0750. The van der Waals surface area contributed by atoms with Crippen LogP contribution >= 0.6 is 0 Å². The molecule has 0 aromatic carbocycles. The molecular weight excluding hydrogens is 192 g/mol. The molecule has 2 atom stereocenters. The third kappa shape index (κ3) is 2.04. The van der Waals surface area contributed by atoms with Gasteiger partial charge in [0.25, 0.3) is 0 Å². The van der Waals surface area contributed by atoms with E-state index < -0.39 is 6.04 Å². The molecular formula is C11H16N2O2. The standard InChI is InChI=1S/C11H16N2O2/c1-7(12)11(14)13-9-3-2-4-10-8(9)5-6-15-10/h5-7,9H,2-4,12H2,1H3,(H,13,14)/t7-,9?/m1/s1. The smallest absolute Gasteiger partial charge is 0.237 e. The van der Waals surface area contributed by atoms with Crippen LogP contribution in [0.1, 0.15) is 37.1 Å². The highest BCUT2D eigenvalue weighted by Gasteiger charge is 2.24. The zero-order chi connectivity index (χ0) is 10.8. The molecule has 4 nitrogen and oxygen atoms in total. The second kappa shape index (κ2) is 4.06. The van der Waals surface area contributed by atoms with Crippen molar-refractivity contribution in [3.63, 3.8) is 0 Å². The third-order valence-electron chi connectivity index (χ3n) is 2.78. The van der Waals surface area contributed by atoms with Crippen LogP contribution in [-0.4, -0.2) is 11.9 Å². The lowest BCUT2D eigenvalue weighted by Gasteiger charge is -2.23. The summed E-state index contributed by atoms with van der Waals surface area (Å²) in [5.41, 5.74) is 6.62. The van der Waals surface area contributed by atoms with Gasteiger partial charge in [-0.2, -0.15) is 0 Å². The van der Waals surface area contributed by atoms with Crippen LogP contribution in [0.2, 0.25) is 0 Å². The van der Waals surface area contributed by atoms with Gasteiger partial charge in [-0.05, 0) is 25.8 Å². The lowest BCUT2D eigenvalue weighted by atomic mass is 9.93. The van der Waals surface area contributed by atoms with Crippen LogP contribution in [0.4, 0.5) is 0 Å². The number of nitrogens with two attached hydrogens (primary N) is 1. The lowest BCUT2D eigenvalue weighted by Crippen LogP contribution is -2.41. The first-order valence-electron chi connectivity index (χ1n) is 5.30. The lowest BCUT2D eigenvalue weighted by molar-refractivity contribution is -0.122. The number of aryl methyl sites for hydroxylation is 1. The number of fused-ring (bicyclic) bond motifs is 1. The van der Waals surface area contributed by atoms with E-state index >= 15 is 0 Å². The fourth-order valence-electron chi connectivity index (χ4n) is 1.94. The van der Waals surface area contributed by atoms with Crippen LogP contribution in [0.15, 0.2) is 16.7 Å². The fourth-order valence-corrected chi connectivity index (χ4v) is 1.94. The van der Waals surface area contributed by atoms with Crippen molar-refractivity contribution in [3.8, 4) is 0 Å². The Morgan fingerprint density at radius 1 is 1.73 bits per heavy atom. The Bertz CT molecular complexity index is 357. The molecule has 4 heteroatoms. The maximum atomic E-state index is 11.5. The molecule has 0 bridgehead atoms. The summed E-state index contributed by atoms with van der Waals surface area (Å²) in [5.74, 6) is 0.894. The molecule has 3 N–H and O–H groups in total. The van der Waals surface area contributed by atoms with Gasteiger partial charge in [0.15, 0.2) is 0 Å². The first-order chi connectivity index (χ1) is 7.18. The Hall–Kier alpha value is -1.29. The first-order valence-corrected chi connectivity index (χ1v) is 5.30. The SMILES string of the molecule is C[C@@H](N)C(=O)NC1CCCc2occc21. The molecule has 1 aromatic rings. The van der Waals surface area contributed by atoms with Gasteiger partial charge in [-0.15, -0.1) is 0 Å². The zero-order valence-electron chi connectivity index (χ0n) is 8.82. The van der Waals surface area contributed by atoms with Gasteiger partial charge < -0.3 is 15.5 Å². The van der Waals surface area contributed by atoms with Gasteiger partial charge in [-0.1, -0.05) is 0 Å². The van der Waals surface area contributed by atoms with Gasteiger partial charge in [-0.3, -0.25) is 4.79 Å². The molecule has 0 aliphatic heterocycles. The number of carbonyl (C=O) groups excluding carboxylic acids is 1. The molecule has 15 heavy (non-hydrogen) atoms. The predicted octanol–water partition coefficient (Wildman–Crippen LogP) is 1.12. The van der Waals surface area contributed by atoms with Crippen molar-refractivity contribution < 1.29 is 9.21 Å². The highest BCUT2D eigenvalue weighted by atomic mass is 16.3. The van der Waals surface area contributed by atoms with Crippen LogP contribution < -0.4 is 11.1 Å². The molecule has 0 saturated carbocycles. The molecule has 0 fully saturated rings. The summed E-state index contributed by atoms with van der Waals surface area (Å²) in [6, 6.07) is 1.55. The van der Waals surface area contributed by atoms with Crippen LogP contribution in [0.3, 0.4) is 0 Å². The first kappa shape index (κ1) is 10.2. The Morgan fingerprint density at radius 2 is 2.53 bits per heavy atom. The van der Waals surface area contributed by atoms with Crippen molar-refractivity contribution in [3.05, 3.63) is 23.7 Å². The third-order valence-corrected chi connectivity index (χ3v) is 2.78. The van der Waals surface area contributed by atoms with E-state index in [9.17, 15) is 4.79 Å². The van der Waals surface area contributed by atoms with E-state index in [0.717, 1.165) is 30.6 Å². The minimum Gasteiger partial charge on any atom is -0.469 e. The van der Waals surface area contributed by atoms with Crippen molar-refractivity contribution in [1.29, 1.82) is 0 Å². The summed E-state index contributed by atoms with van der Waals surface area (Å²) >= 11 is 0. The van der Waals surface area contributed by atoms with E-state index in [1.54, 1.807) is 13.2 Å². The van der Waals surface area contributed by atoms with Gasteiger partial charge in [0.05, 0.1) is 18.3 Å². The summed E-state index contributed by atoms with van der Waals surface area (Å²) < 4.78 is 5.35. The zero-order valence-corrected chi connectivity index (χ0v) is 8.82. The fraction of sp³-hybridized carbons (Fsp3) is 0.545. The molecule has 0 saturated heterocycles. The highest BCUT2D eigenvalue weighted by Crippen LogP contribution is 2.30. The van der Waals surface area contributed by atoms with E-state index in [1.807, 2.05) is 6.07 Å². The van der Waals surface area contributed by atoms with Crippen molar-refractivity contribution in [2.45, 2.75) is 38.3 Å². The topological polar surface area (TPSA) is 68.3 Å². The van der Waals surface area contributed by atoms with Crippen molar-refractivity contribution in [1.82, 2.24) is 5.32 Å². The molecule has 1 heterocycles. The quantitative estimate of drug-likeness (QED) is 0.765. The number of hydrogen-bond acceptors (Lipinski definition) is 3. The van der Waals surface area contributed by atoms with Gasteiger partial charge in [0.2, 0.25) is 5.91 Å². The number of rotatable bonds is 2. The maximum absolute atomic E-state index is 11.5. The average molecular weight is 208 g/mol. The largest absolute Gasteiger partial charge is 0.469 e. The molecule has 1 aromatic heterocycles. The van der Waals surface area contributed by atoms with Crippen molar-refractivity contribution >= 4 is 5.91 Å². The van der Waals surface area contributed by atoms with Gasteiger partial charge in [0.1, 0.15) is 5.76 Å². The van der Waals surface area contributed by atoms with Crippen LogP contribution in [0.25, 0.3) is 0 Å². The van der Waals surface area contributed by atoms with E-state index in [0.29, 0.717) is 0 Å². The maximum Gasteiger partial charge on any atom is 0.237 e. The molecule has 1 amide bonds. The number of hydrogen-bond donors (Lipinski definition) is 2. The molecule has 1 aliphatic rings. The normalized spacial score (nSPS) is 21.9. The van der Waals surface area contributed by atoms with Crippen LogP contribution in [0.5, 0.6) is 0 Å². The molecule has 0 radical (unpaired) electrons. The van der Waals surface area contributed by atoms with Crippen molar-refractivity contribution in [2.75, 3.05) is 0 Å².